The fraction of sp³-hybridized carbons (Fsp3) is 0.222. The molecular weight excluding hydrogens is 261 g/mol. The maximum absolute atomic E-state index is 12.3. The number of alkyl halides is 3. The molecule has 0 heterocycles. The highest BCUT2D eigenvalue weighted by atomic mass is 35.5. The standard InChI is InChI=1S/C9H9F3N2S.ClH/c10-9(11,12)7-3-1-2-6(4-7)5-14-8(13)15;/h1-4H,5H2,(H3,13,14,15);1H. The Bertz CT molecular complexity index is 368. The Morgan fingerprint density at radius 1 is 1.38 bits per heavy atom. The third-order valence-corrected chi connectivity index (χ3v) is 1.87. The first-order valence-electron chi connectivity index (χ1n) is 4.09. The summed E-state index contributed by atoms with van der Waals surface area (Å²) in [6.07, 6.45) is -4.32. The quantitative estimate of drug-likeness (QED) is 0.811. The van der Waals surface area contributed by atoms with Gasteiger partial charge in [-0.05, 0) is 29.9 Å². The summed E-state index contributed by atoms with van der Waals surface area (Å²) >= 11 is 4.55. The average molecular weight is 271 g/mol. The van der Waals surface area contributed by atoms with Crippen molar-refractivity contribution < 1.29 is 13.2 Å². The molecule has 0 radical (unpaired) electrons. The van der Waals surface area contributed by atoms with Gasteiger partial charge in [-0.3, -0.25) is 0 Å². The Morgan fingerprint density at radius 3 is 2.50 bits per heavy atom. The number of halogens is 4. The number of hydrogen-bond acceptors (Lipinski definition) is 1. The van der Waals surface area contributed by atoms with Crippen LogP contribution >= 0.6 is 24.6 Å². The predicted octanol–water partition coefficient (Wildman–Crippen LogP) is 2.46. The first-order valence-corrected chi connectivity index (χ1v) is 4.50. The lowest BCUT2D eigenvalue weighted by atomic mass is 10.1. The fourth-order valence-electron chi connectivity index (χ4n) is 1.05. The molecule has 0 unspecified atom stereocenters. The maximum Gasteiger partial charge on any atom is 0.416 e. The molecule has 2 nitrogen and oxygen atoms in total. The molecule has 0 fully saturated rings. The molecule has 0 saturated carbocycles. The zero-order valence-corrected chi connectivity index (χ0v) is 9.68. The SMILES string of the molecule is Cl.NC(=S)NCc1cccc(C(F)(F)F)c1. The summed E-state index contributed by atoms with van der Waals surface area (Å²) in [5.41, 5.74) is 4.97. The van der Waals surface area contributed by atoms with Crippen LogP contribution in [0.2, 0.25) is 0 Å². The van der Waals surface area contributed by atoms with E-state index >= 15 is 0 Å². The van der Waals surface area contributed by atoms with Crippen LogP contribution < -0.4 is 11.1 Å². The van der Waals surface area contributed by atoms with E-state index in [4.69, 9.17) is 5.73 Å². The molecule has 0 atom stereocenters. The zero-order valence-electron chi connectivity index (χ0n) is 8.04. The topological polar surface area (TPSA) is 38.0 Å². The summed E-state index contributed by atoms with van der Waals surface area (Å²) in [6, 6.07) is 5.00. The van der Waals surface area contributed by atoms with Crippen LogP contribution in [-0.2, 0) is 12.7 Å². The largest absolute Gasteiger partial charge is 0.416 e. The number of hydrogen-bond donors (Lipinski definition) is 2. The van der Waals surface area contributed by atoms with Gasteiger partial charge in [0.2, 0.25) is 0 Å². The minimum Gasteiger partial charge on any atom is -0.376 e. The van der Waals surface area contributed by atoms with E-state index in [2.05, 4.69) is 17.5 Å². The van der Waals surface area contributed by atoms with Crippen molar-refractivity contribution in [2.75, 3.05) is 0 Å². The van der Waals surface area contributed by atoms with Crippen molar-refractivity contribution in [1.82, 2.24) is 5.32 Å². The van der Waals surface area contributed by atoms with Gasteiger partial charge in [-0.15, -0.1) is 12.4 Å². The molecule has 1 aromatic carbocycles. The van der Waals surface area contributed by atoms with Crippen molar-refractivity contribution in [3.8, 4) is 0 Å². The molecule has 16 heavy (non-hydrogen) atoms. The molecule has 0 bridgehead atoms. The van der Waals surface area contributed by atoms with Crippen molar-refractivity contribution in [3.05, 3.63) is 35.4 Å². The van der Waals surface area contributed by atoms with Crippen molar-refractivity contribution in [1.29, 1.82) is 0 Å². The normalized spacial score (nSPS) is 10.4. The van der Waals surface area contributed by atoms with Crippen LogP contribution in [0.25, 0.3) is 0 Å². The number of nitrogens with one attached hydrogen (secondary N) is 1. The third-order valence-electron chi connectivity index (χ3n) is 1.72. The van der Waals surface area contributed by atoms with Gasteiger partial charge in [0.25, 0.3) is 0 Å². The fourth-order valence-corrected chi connectivity index (χ4v) is 1.12. The van der Waals surface area contributed by atoms with E-state index in [9.17, 15) is 13.2 Å². The lowest BCUT2D eigenvalue weighted by Crippen LogP contribution is -2.28. The van der Waals surface area contributed by atoms with Crippen LogP contribution in [0.4, 0.5) is 13.2 Å². The lowest BCUT2D eigenvalue weighted by Gasteiger charge is -2.09. The van der Waals surface area contributed by atoms with Gasteiger partial charge in [-0.2, -0.15) is 13.2 Å². The van der Waals surface area contributed by atoms with Crippen LogP contribution in [-0.4, -0.2) is 5.11 Å². The van der Waals surface area contributed by atoms with Crippen LogP contribution in [0.15, 0.2) is 24.3 Å². The van der Waals surface area contributed by atoms with Crippen molar-refractivity contribution in [2.45, 2.75) is 12.7 Å². The second-order valence-electron chi connectivity index (χ2n) is 2.92. The number of nitrogens with two attached hydrogens (primary N) is 1. The Hall–Kier alpha value is -1.01. The molecule has 1 aromatic rings. The molecule has 0 spiro atoms. The van der Waals surface area contributed by atoms with Crippen molar-refractivity contribution in [3.63, 3.8) is 0 Å². The maximum atomic E-state index is 12.3. The Kier molecular flexibility index (Phi) is 5.53. The molecule has 0 aliphatic heterocycles. The van der Waals surface area contributed by atoms with E-state index in [0.717, 1.165) is 12.1 Å². The molecule has 0 aliphatic carbocycles. The molecule has 0 saturated heterocycles. The second kappa shape index (κ2) is 5.91. The first kappa shape index (κ1) is 15.0. The highest BCUT2D eigenvalue weighted by Crippen LogP contribution is 2.29. The predicted molar refractivity (Wildman–Crippen MR) is 62.3 cm³/mol. The van der Waals surface area contributed by atoms with E-state index in [1.165, 1.54) is 6.07 Å². The molecule has 0 aliphatic rings. The highest BCUT2D eigenvalue weighted by Gasteiger charge is 2.30. The van der Waals surface area contributed by atoms with Gasteiger partial charge in [0.05, 0.1) is 5.56 Å². The summed E-state index contributed by atoms with van der Waals surface area (Å²) in [7, 11) is 0. The Morgan fingerprint density at radius 2 is 2.00 bits per heavy atom. The van der Waals surface area contributed by atoms with Gasteiger partial charge in [0, 0.05) is 6.54 Å². The summed E-state index contributed by atoms with van der Waals surface area (Å²) in [6.45, 7) is 0.194. The average Bonchev–Trinajstić information content (AvgIpc) is 2.14. The van der Waals surface area contributed by atoms with Gasteiger partial charge in [-0.1, -0.05) is 12.1 Å². The highest BCUT2D eigenvalue weighted by molar-refractivity contribution is 7.80. The van der Waals surface area contributed by atoms with E-state index < -0.39 is 11.7 Å². The van der Waals surface area contributed by atoms with E-state index in [1.54, 1.807) is 6.07 Å². The van der Waals surface area contributed by atoms with Gasteiger partial charge in [0.15, 0.2) is 5.11 Å². The Balaban J connectivity index is 0.00000225. The molecule has 1 rings (SSSR count). The number of benzene rings is 1. The van der Waals surface area contributed by atoms with Gasteiger partial charge < -0.3 is 11.1 Å². The van der Waals surface area contributed by atoms with Gasteiger partial charge in [0.1, 0.15) is 0 Å². The minimum atomic E-state index is -4.32. The van der Waals surface area contributed by atoms with Gasteiger partial charge >= 0.3 is 6.18 Å². The molecule has 90 valence electrons. The third kappa shape index (κ3) is 4.67. The van der Waals surface area contributed by atoms with Crippen LogP contribution in [0.5, 0.6) is 0 Å². The lowest BCUT2D eigenvalue weighted by molar-refractivity contribution is -0.137. The van der Waals surface area contributed by atoms with E-state index in [1.807, 2.05) is 0 Å². The van der Waals surface area contributed by atoms with E-state index in [-0.39, 0.29) is 24.1 Å². The molecule has 7 heteroatoms. The van der Waals surface area contributed by atoms with Gasteiger partial charge in [-0.25, -0.2) is 0 Å². The first-order chi connectivity index (χ1) is 6.89. The second-order valence-corrected chi connectivity index (χ2v) is 3.36. The van der Waals surface area contributed by atoms with E-state index in [0.29, 0.717) is 5.56 Å². The zero-order chi connectivity index (χ0) is 11.5. The van der Waals surface area contributed by atoms with Crippen LogP contribution in [0, 0.1) is 0 Å². The summed E-state index contributed by atoms with van der Waals surface area (Å²) in [5, 5.41) is 2.64. The molecule has 3 N–H and O–H groups in total. The monoisotopic (exact) mass is 270 g/mol. The minimum absolute atomic E-state index is 0. The number of thiocarbonyl (C=S) groups is 1. The Labute approximate surface area is 102 Å². The molecular formula is C9H10ClF3N2S. The van der Waals surface area contributed by atoms with Crippen LogP contribution in [0.1, 0.15) is 11.1 Å². The van der Waals surface area contributed by atoms with Crippen molar-refractivity contribution in [2.24, 2.45) is 5.73 Å². The summed E-state index contributed by atoms with van der Waals surface area (Å²) in [5.74, 6) is 0. The number of rotatable bonds is 2. The molecule has 0 amide bonds. The summed E-state index contributed by atoms with van der Waals surface area (Å²) < 4.78 is 36.9. The summed E-state index contributed by atoms with van der Waals surface area (Å²) in [4.78, 5) is 0. The van der Waals surface area contributed by atoms with Crippen molar-refractivity contribution >= 4 is 29.7 Å². The van der Waals surface area contributed by atoms with Crippen LogP contribution in [0.3, 0.4) is 0 Å². The smallest absolute Gasteiger partial charge is 0.376 e. The molecule has 0 aromatic heterocycles.